The summed E-state index contributed by atoms with van der Waals surface area (Å²) in [7, 11) is 0. The fourth-order valence-electron chi connectivity index (χ4n) is 2.21. The number of hydrogen-bond donors (Lipinski definition) is 6. The van der Waals surface area contributed by atoms with E-state index in [1.165, 1.54) is 6.92 Å². The molecule has 5 atom stereocenters. The molecule has 3 amide bonds. The monoisotopic (exact) mass is 404 g/mol. The first-order valence-electron chi connectivity index (χ1n) is 8.96. The van der Waals surface area contributed by atoms with Gasteiger partial charge in [-0.25, -0.2) is 4.79 Å². The van der Waals surface area contributed by atoms with Crippen LogP contribution in [0.2, 0.25) is 0 Å². The van der Waals surface area contributed by atoms with Crippen molar-refractivity contribution >= 4 is 36.3 Å². The number of carboxylic acids is 1. The molecule has 0 bridgehead atoms. The van der Waals surface area contributed by atoms with Gasteiger partial charge in [0.25, 0.3) is 0 Å². The molecule has 0 aromatic carbocycles. The van der Waals surface area contributed by atoms with Crippen molar-refractivity contribution in [3.63, 3.8) is 0 Å². The number of nitrogens with one attached hydrogen (secondary N) is 3. The van der Waals surface area contributed by atoms with Gasteiger partial charge in [-0.15, -0.1) is 0 Å². The highest BCUT2D eigenvalue weighted by Gasteiger charge is 2.32. The average molecular weight is 405 g/mol. The van der Waals surface area contributed by atoms with Gasteiger partial charge in [0.15, 0.2) is 0 Å². The molecule has 9 nitrogen and oxygen atoms in total. The van der Waals surface area contributed by atoms with E-state index in [1.807, 2.05) is 6.92 Å². The summed E-state index contributed by atoms with van der Waals surface area (Å²) in [5.74, 6) is -3.24. The van der Waals surface area contributed by atoms with Gasteiger partial charge in [0, 0.05) is 5.75 Å². The second-order valence-electron chi connectivity index (χ2n) is 6.96. The molecule has 0 rings (SSSR count). The Hall–Kier alpha value is -1.81. The molecule has 6 N–H and O–H groups in total. The second kappa shape index (κ2) is 11.8. The van der Waals surface area contributed by atoms with Crippen LogP contribution in [0.4, 0.5) is 0 Å². The number of carbonyl (C=O) groups is 4. The Labute approximate surface area is 165 Å². The predicted octanol–water partition coefficient (Wildman–Crippen LogP) is -0.495. The lowest BCUT2D eigenvalue weighted by molar-refractivity contribution is -0.144. The van der Waals surface area contributed by atoms with Gasteiger partial charge in [-0.2, -0.15) is 12.6 Å². The Balaban J connectivity index is 5.15. The zero-order chi connectivity index (χ0) is 21.3. The van der Waals surface area contributed by atoms with Crippen LogP contribution in [0.1, 0.15) is 41.0 Å². The van der Waals surface area contributed by atoms with E-state index in [2.05, 4.69) is 28.6 Å². The van der Waals surface area contributed by atoms with Crippen LogP contribution in [0, 0.1) is 11.8 Å². The van der Waals surface area contributed by atoms with Crippen LogP contribution in [0.3, 0.4) is 0 Å². The summed E-state index contributed by atoms with van der Waals surface area (Å²) in [6, 6.07) is -3.75. The Bertz CT molecular complexity index is 543. The molecule has 0 aliphatic heterocycles. The number of carbonyl (C=O) groups excluding carboxylic acids is 3. The summed E-state index contributed by atoms with van der Waals surface area (Å²) in [6.45, 7) is 8.45. The molecule has 10 heteroatoms. The van der Waals surface area contributed by atoms with Gasteiger partial charge in [0.2, 0.25) is 17.7 Å². The second-order valence-corrected chi connectivity index (χ2v) is 7.32. The SMILES string of the molecule is CCC(C)C(NC(=O)C(C)NC(=O)C(N)CS)C(=O)NC(C(=O)O)C(C)C. The van der Waals surface area contributed by atoms with Crippen molar-refractivity contribution in [2.75, 3.05) is 5.75 Å². The fraction of sp³-hybridized carbons (Fsp3) is 0.765. The quantitative estimate of drug-likeness (QED) is 0.256. The number of hydrogen-bond acceptors (Lipinski definition) is 6. The van der Waals surface area contributed by atoms with E-state index in [0.29, 0.717) is 6.42 Å². The van der Waals surface area contributed by atoms with E-state index in [0.717, 1.165) is 0 Å². The maximum atomic E-state index is 12.6. The summed E-state index contributed by atoms with van der Waals surface area (Å²) >= 11 is 3.93. The van der Waals surface area contributed by atoms with Gasteiger partial charge in [-0.1, -0.05) is 34.1 Å². The molecule has 0 aliphatic carbocycles. The first kappa shape index (κ1) is 25.2. The number of amides is 3. The first-order valence-corrected chi connectivity index (χ1v) is 9.59. The minimum Gasteiger partial charge on any atom is -0.480 e. The molecule has 0 aliphatic rings. The largest absolute Gasteiger partial charge is 0.480 e. The van der Waals surface area contributed by atoms with Gasteiger partial charge in [0.05, 0.1) is 6.04 Å². The number of thiol groups is 1. The molecule has 0 radical (unpaired) electrons. The predicted molar refractivity (Wildman–Crippen MR) is 105 cm³/mol. The van der Waals surface area contributed by atoms with Crippen LogP contribution in [-0.2, 0) is 19.2 Å². The molecule has 0 fully saturated rings. The molecule has 0 aromatic rings. The minimum absolute atomic E-state index is 0.129. The first-order chi connectivity index (χ1) is 12.5. The fourth-order valence-corrected chi connectivity index (χ4v) is 2.37. The Kier molecular flexibility index (Phi) is 11.0. The third-order valence-corrected chi connectivity index (χ3v) is 4.70. The molecule has 0 saturated heterocycles. The van der Waals surface area contributed by atoms with Gasteiger partial charge in [-0.3, -0.25) is 14.4 Å². The molecule has 0 spiro atoms. The number of nitrogens with two attached hydrogens (primary N) is 1. The van der Waals surface area contributed by atoms with E-state index < -0.39 is 47.9 Å². The van der Waals surface area contributed by atoms with Crippen LogP contribution in [-0.4, -0.2) is 58.7 Å². The van der Waals surface area contributed by atoms with Gasteiger partial charge < -0.3 is 26.8 Å². The third kappa shape index (κ3) is 8.17. The van der Waals surface area contributed by atoms with E-state index >= 15 is 0 Å². The summed E-state index contributed by atoms with van der Waals surface area (Å²) < 4.78 is 0. The maximum Gasteiger partial charge on any atom is 0.326 e. The van der Waals surface area contributed by atoms with Crippen LogP contribution in [0.5, 0.6) is 0 Å². The van der Waals surface area contributed by atoms with Crippen LogP contribution in [0.25, 0.3) is 0 Å². The minimum atomic E-state index is -1.14. The average Bonchev–Trinajstić information content (AvgIpc) is 2.61. The van der Waals surface area contributed by atoms with E-state index in [4.69, 9.17) is 5.73 Å². The van der Waals surface area contributed by atoms with Crippen molar-refractivity contribution in [2.24, 2.45) is 17.6 Å². The number of aliphatic carboxylic acids is 1. The standard InChI is InChI=1S/C17H32N4O5S/c1-6-9(4)13(16(24)20-12(8(2)3)17(25)26)21-14(22)10(5)19-15(23)11(18)7-27/h8-13,27H,6-7,18H2,1-5H3,(H,19,23)(H,20,24)(H,21,22)(H,25,26). The lowest BCUT2D eigenvalue weighted by Crippen LogP contribution is -2.58. The van der Waals surface area contributed by atoms with Crippen molar-refractivity contribution in [1.82, 2.24) is 16.0 Å². The highest BCUT2D eigenvalue weighted by molar-refractivity contribution is 7.80. The number of carboxylic acid groups (broad SMARTS) is 1. The molecular formula is C17H32N4O5S. The highest BCUT2D eigenvalue weighted by Crippen LogP contribution is 2.10. The zero-order valence-corrected chi connectivity index (χ0v) is 17.4. The van der Waals surface area contributed by atoms with Crippen LogP contribution >= 0.6 is 12.6 Å². The van der Waals surface area contributed by atoms with Crippen molar-refractivity contribution in [3.05, 3.63) is 0 Å². The van der Waals surface area contributed by atoms with Gasteiger partial charge in [0.1, 0.15) is 18.1 Å². The molecule has 27 heavy (non-hydrogen) atoms. The molecular weight excluding hydrogens is 372 g/mol. The van der Waals surface area contributed by atoms with Crippen molar-refractivity contribution in [1.29, 1.82) is 0 Å². The third-order valence-electron chi connectivity index (χ3n) is 4.31. The lowest BCUT2D eigenvalue weighted by Gasteiger charge is -2.28. The molecule has 156 valence electrons. The summed E-state index contributed by atoms with van der Waals surface area (Å²) in [4.78, 5) is 48.1. The Morgan fingerprint density at radius 2 is 1.44 bits per heavy atom. The molecule has 0 heterocycles. The van der Waals surface area contributed by atoms with E-state index in [-0.39, 0.29) is 17.6 Å². The lowest BCUT2D eigenvalue weighted by atomic mass is 9.96. The van der Waals surface area contributed by atoms with E-state index in [9.17, 15) is 24.3 Å². The summed E-state index contributed by atoms with van der Waals surface area (Å²) in [6.07, 6.45) is 0.586. The number of rotatable bonds is 11. The topological polar surface area (TPSA) is 151 Å². The van der Waals surface area contributed by atoms with Gasteiger partial charge in [-0.05, 0) is 18.8 Å². The van der Waals surface area contributed by atoms with Gasteiger partial charge >= 0.3 is 5.97 Å². The smallest absolute Gasteiger partial charge is 0.326 e. The van der Waals surface area contributed by atoms with Crippen LogP contribution in [0.15, 0.2) is 0 Å². The van der Waals surface area contributed by atoms with Crippen molar-refractivity contribution < 1.29 is 24.3 Å². The van der Waals surface area contributed by atoms with Crippen molar-refractivity contribution in [2.45, 2.75) is 65.2 Å². The highest BCUT2D eigenvalue weighted by atomic mass is 32.1. The Morgan fingerprint density at radius 1 is 0.926 bits per heavy atom. The molecule has 5 unspecified atom stereocenters. The maximum absolute atomic E-state index is 12.6. The normalized spacial score (nSPS) is 16.6. The summed E-state index contributed by atoms with van der Waals surface area (Å²) in [5.41, 5.74) is 5.56. The van der Waals surface area contributed by atoms with Crippen LogP contribution < -0.4 is 21.7 Å². The molecule has 0 aromatic heterocycles. The zero-order valence-electron chi connectivity index (χ0n) is 16.5. The molecule has 0 saturated carbocycles. The summed E-state index contributed by atoms with van der Waals surface area (Å²) in [5, 5.41) is 16.8. The van der Waals surface area contributed by atoms with Crippen molar-refractivity contribution in [3.8, 4) is 0 Å². The Morgan fingerprint density at radius 3 is 1.85 bits per heavy atom. The van der Waals surface area contributed by atoms with E-state index in [1.54, 1.807) is 20.8 Å².